The molecule has 16 heteroatoms. The normalized spacial score (nSPS) is 14.1. The van der Waals surface area contributed by atoms with E-state index >= 15 is 0 Å². The van der Waals surface area contributed by atoms with Crippen molar-refractivity contribution in [2.75, 3.05) is 39.3 Å². The van der Waals surface area contributed by atoms with Crippen molar-refractivity contribution in [3.05, 3.63) is 0 Å². The van der Waals surface area contributed by atoms with Crippen molar-refractivity contribution in [1.82, 2.24) is 9.80 Å². The summed E-state index contributed by atoms with van der Waals surface area (Å²) in [6.45, 7) is -2.25. The summed E-state index contributed by atoms with van der Waals surface area (Å²) in [5, 5.41) is 51.7. The molecule has 1 rings (SSSR count). The molecule has 1 fully saturated rings. The molecule has 1 aliphatic carbocycles. The third kappa shape index (κ3) is 11.5. The molecule has 0 aromatic carbocycles. The molecular weight excluding hydrogens is 464 g/mol. The number of nitrogens with zero attached hydrogens (tertiary/aromatic N) is 2. The van der Waals surface area contributed by atoms with Crippen LogP contribution in [0.4, 0.5) is 0 Å². The Morgan fingerprint density at radius 2 is 0.971 bits per heavy atom. The predicted molar refractivity (Wildman–Crippen MR) is 111 cm³/mol. The molecule has 1 aliphatic rings. The number of aliphatic carboxylic acids is 6. The molecule has 0 saturated heterocycles. The zero-order valence-corrected chi connectivity index (χ0v) is 18.3. The Bertz CT molecular complexity index is 713. The lowest BCUT2D eigenvalue weighted by atomic mass is 9.86. The van der Waals surface area contributed by atoms with Gasteiger partial charge in [0.1, 0.15) is 0 Å². The molecule has 0 aliphatic heterocycles. The highest BCUT2D eigenvalue weighted by Gasteiger charge is 2.59. The topological polar surface area (TPSA) is 282 Å². The van der Waals surface area contributed by atoms with E-state index in [9.17, 15) is 28.8 Å². The maximum Gasteiger partial charge on any atom is 0.339 e. The number of hydrogen-bond donors (Lipinski definition) is 8. The van der Waals surface area contributed by atoms with Gasteiger partial charge in [0.25, 0.3) is 0 Å². The molecule has 10 N–H and O–H groups in total. The monoisotopic (exact) mass is 494 g/mol. The van der Waals surface area contributed by atoms with E-state index in [4.69, 9.17) is 42.1 Å². The second-order valence-corrected chi connectivity index (χ2v) is 7.84. The highest BCUT2D eigenvalue weighted by Crippen LogP contribution is 2.54. The number of carboxylic acids is 6. The van der Waals surface area contributed by atoms with Crippen molar-refractivity contribution < 1.29 is 59.4 Å². The van der Waals surface area contributed by atoms with Gasteiger partial charge in [0.05, 0.1) is 26.2 Å². The van der Waals surface area contributed by atoms with Gasteiger partial charge < -0.3 is 42.1 Å². The van der Waals surface area contributed by atoms with E-state index in [2.05, 4.69) is 0 Å². The second kappa shape index (κ2) is 13.4. The minimum Gasteiger partial charge on any atom is -0.481 e. The van der Waals surface area contributed by atoms with E-state index < -0.39 is 73.1 Å². The van der Waals surface area contributed by atoms with E-state index in [1.54, 1.807) is 0 Å². The van der Waals surface area contributed by atoms with Gasteiger partial charge in [-0.3, -0.25) is 33.8 Å². The SMILES string of the molecule is NC(N)(C(=O)O)C1(CCC(=O)O)CC1.O=C(O)CN(CCN(CC(=O)O)CC(=O)O)CC(=O)O. The van der Waals surface area contributed by atoms with Gasteiger partial charge in [-0.1, -0.05) is 0 Å². The lowest BCUT2D eigenvalue weighted by molar-refractivity contribution is -0.147. The fourth-order valence-corrected chi connectivity index (χ4v) is 3.07. The van der Waals surface area contributed by atoms with Crippen molar-refractivity contribution in [1.29, 1.82) is 0 Å². The highest BCUT2D eigenvalue weighted by molar-refractivity contribution is 5.80. The first-order chi connectivity index (χ1) is 15.5. The van der Waals surface area contributed by atoms with Gasteiger partial charge in [-0.15, -0.1) is 0 Å². The summed E-state index contributed by atoms with van der Waals surface area (Å²) < 4.78 is 0. The van der Waals surface area contributed by atoms with Crippen LogP contribution in [0.15, 0.2) is 0 Å². The van der Waals surface area contributed by atoms with Gasteiger partial charge in [0.2, 0.25) is 0 Å². The van der Waals surface area contributed by atoms with Crippen LogP contribution >= 0.6 is 0 Å². The highest BCUT2D eigenvalue weighted by atomic mass is 16.4. The number of nitrogens with two attached hydrogens (primary N) is 2. The third-order valence-corrected chi connectivity index (χ3v) is 5.07. The summed E-state index contributed by atoms with van der Waals surface area (Å²) in [5.74, 6) is -7.15. The molecule has 0 amide bonds. The largest absolute Gasteiger partial charge is 0.481 e. The summed E-state index contributed by atoms with van der Waals surface area (Å²) in [6.07, 6.45) is 1.30. The van der Waals surface area contributed by atoms with Crippen LogP contribution in [0.3, 0.4) is 0 Å². The summed E-state index contributed by atoms with van der Waals surface area (Å²) in [6, 6.07) is 0. The van der Waals surface area contributed by atoms with Gasteiger partial charge in [-0.25, -0.2) is 4.79 Å². The Kier molecular flexibility index (Phi) is 12.1. The molecule has 34 heavy (non-hydrogen) atoms. The average molecular weight is 494 g/mol. The van der Waals surface area contributed by atoms with Crippen LogP contribution in [0, 0.1) is 5.41 Å². The molecule has 0 heterocycles. The van der Waals surface area contributed by atoms with Crippen LogP contribution in [0.25, 0.3) is 0 Å². The van der Waals surface area contributed by atoms with Crippen LogP contribution in [-0.2, 0) is 28.8 Å². The fourth-order valence-electron chi connectivity index (χ4n) is 3.07. The summed E-state index contributed by atoms with van der Waals surface area (Å²) >= 11 is 0. The summed E-state index contributed by atoms with van der Waals surface area (Å²) in [5.41, 5.74) is 8.41. The Labute approximate surface area is 193 Å². The van der Waals surface area contributed by atoms with Gasteiger partial charge in [0, 0.05) is 24.9 Å². The lowest BCUT2D eigenvalue weighted by Gasteiger charge is -2.29. The molecular formula is C18H30N4O12. The minimum absolute atomic E-state index is 0.0703. The number of hydrogen-bond acceptors (Lipinski definition) is 10. The Morgan fingerprint density at radius 1 is 0.647 bits per heavy atom. The van der Waals surface area contributed by atoms with E-state index in [1.165, 1.54) is 0 Å². The third-order valence-electron chi connectivity index (χ3n) is 5.07. The molecule has 0 atom stereocenters. The van der Waals surface area contributed by atoms with Crippen molar-refractivity contribution >= 4 is 35.8 Å². The van der Waals surface area contributed by atoms with Gasteiger partial charge in [-0.05, 0) is 19.3 Å². The van der Waals surface area contributed by atoms with Gasteiger partial charge >= 0.3 is 35.8 Å². The summed E-state index contributed by atoms with van der Waals surface area (Å²) in [4.78, 5) is 65.5. The second-order valence-electron chi connectivity index (χ2n) is 7.84. The van der Waals surface area contributed by atoms with E-state index in [0.717, 1.165) is 9.80 Å². The van der Waals surface area contributed by atoms with Crippen LogP contribution in [-0.4, -0.2) is 121 Å². The molecule has 1 saturated carbocycles. The molecule has 0 radical (unpaired) electrons. The first kappa shape index (κ1) is 30.7. The van der Waals surface area contributed by atoms with Crippen molar-refractivity contribution in [2.45, 2.75) is 31.3 Å². The zero-order chi connectivity index (χ0) is 26.7. The zero-order valence-electron chi connectivity index (χ0n) is 18.3. The van der Waals surface area contributed by atoms with Crippen LogP contribution in [0.5, 0.6) is 0 Å². The molecule has 16 nitrogen and oxygen atoms in total. The summed E-state index contributed by atoms with van der Waals surface area (Å²) in [7, 11) is 0. The van der Waals surface area contributed by atoms with Crippen LogP contribution in [0.1, 0.15) is 25.7 Å². The first-order valence-corrected chi connectivity index (χ1v) is 9.87. The smallest absolute Gasteiger partial charge is 0.339 e. The van der Waals surface area contributed by atoms with E-state index in [-0.39, 0.29) is 25.9 Å². The van der Waals surface area contributed by atoms with Crippen molar-refractivity contribution in [3.63, 3.8) is 0 Å². The number of carboxylic acid groups (broad SMARTS) is 6. The van der Waals surface area contributed by atoms with Crippen molar-refractivity contribution in [3.8, 4) is 0 Å². The fraction of sp³-hybridized carbons (Fsp3) is 0.667. The Balaban J connectivity index is 0.000000679. The Hall–Kier alpha value is -3.34. The molecule has 0 aromatic heterocycles. The maximum absolute atomic E-state index is 10.8. The molecule has 0 unspecified atom stereocenters. The average Bonchev–Trinajstić information content (AvgIpc) is 3.44. The number of rotatable bonds is 16. The first-order valence-electron chi connectivity index (χ1n) is 9.87. The molecule has 0 bridgehead atoms. The van der Waals surface area contributed by atoms with Crippen LogP contribution < -0.4 is 11.5 Å². The predicted octanol–water partition coefficient (Wildman–Crippen LogP) is -2.74. The quantitative estimate of drug-likeness (QED) is 0.101. The minimum atomic E-state index is -1.80. The molecule has 0 spiro atoms. The van der Waals surface area contributed by atoms with Crippen LogP contribution in [0.2, 0.25) is 0 Å². The number of carbonyl (C=O) groups is 6. The van der Waals surface area contributed by atoms with Gasteiger partial charge in [-0.2, -0.15) is 0 Å². The Morgan fingerprint density at radius 3 is 1.18 bits per heavy atom. The standard InChI is InChI=1S/C10H16N2O8.C8H14N2O4/c13-7(14)3-11(4-8(15)16)1-2-12(5-9(17)18)6-10(19)20;9-8(10,6(13)14)7(3-4-7)2-1-5(11)12/h1-6H2,(H,13,14)(H,15,16)(H,17,18)(H,19,20);1-4,9-10H2,(H,11,12)(H,13,14). The van der Waals surface area contributed by atoms with E-state index in [1.807, 2.05) is 0 Å². The van der Waals surface area contributed by atoms with E-state index in [0.29, 0.717) is 12.8 Å². The molecule has 194 valence electrons. The van der Waals surface area contributed by atoms with Gasteiger partial charge in [0.15, 0.2) is 5.66 Å². The molecule has 0 aromatic rings. The maximum atomic E-state index is 10.8. The lowest BCUT2D eigenvalue weighted by Crippen LogP contribution is -2.63. The van der Waals surface area contributed by atoms with Crippen molar-refractivity contribution in [2.24, 2.45) is 16.9 Å².